The van der Waals surface area contributed by atoms with E-state index in [-0.39, 0.29) is 17.9 Å². The van der Waals surface area contributed by atoms with E-state index < -0.39 is 0 Å². The maximum absolute atomic E-state index is 11.9. The summed E-state index contributed by atoms with van der Waals surface area (Å²) in [7, 11) is 0. The molecule has 0 bridgehead atoms. The van der Waals surface area contributed by atoms with Crippen molar-refractivity contribution in [2.45, 2.75) is 25.3 Å². The highest BCUT2D eigenvalue weighted by Crippen LogP contribution is 2.25. The second-order valence-corrected chi connectivity index (χ2v) is 4.70. The summed E-state index contributed by atoms with van der Waals surface area (Å²) in [6, 6.07) is 5.46. The first-order valence-electron chi connectivity index (χ1n) is 6.19. The number of hydrogen-bond donors (Lipinski definition) is 3. The minimum atomic E-state index is -0.385. The molecule has 3 N–H and O–H groups in total. The van der Waals surface area contributed by atoms with Gasteiger partial charge in [-0.05, 0) is 36.6 Å². The maximum Gasteiger partial charge on any atom is 0.246 e. The molecule has 2 heterocycles. The number of nitrogens with one attached hydrogen (secondary N) is 3. The van der Waals surface area contributed by atoms with E-state index in [4.69, 9.17) is 0 Å². The van der Waals surface area contributed by atoms with E-state index in [1.54, 1.807) is 0 Å². The Morgan fingerprint density at radius 3 is 3.00 bits per heavy atom. The molecule has 2 amide bonds. The summed E-state index contributed by atoms with van der Waals surface area (Å²) in [5.74, 6) is -0.181. The Labute approximate surface area is 105 Å². The second-order valence-electron chi connectivity index (χ2n) is 4.70. The van der Waals surface area contributed by atoms with Gasteiger partial charge in [0.1, 0.15) is 6.04 Å². The second kappa shape index (κ2) is 4.33. The Morgan fingerprint density at radius 2 is 2.22 bits per heavy atom. The van der Waals surface area contributed by atoms with Crippen LogP contribution in [0.3, 0.4) is 0 Å². The number of amides is 2. The van der Waals surface area contributed by atoms with E-state index in [2.05, 4.69) is 16.0 Å². The van der Waals surface area contributed by atoms with Crippen LogP contribution in [0.4, 0.5) is 11.4 Å². The van der Waals surface area contributed by atoms with Crippen LogP contribution in [0, 0.1) is 0 Å². The van der Waals surface area contributed by atoms with Crippen molar-refractivity contribution in [2.75, 3.05) is 17.2 Å². The SMILES string of the molecule is O=C1CCC(C(=O)Nc2ccc3c(c2)CCN3)N1. The highest BCUT2D eigenvalue weighted by Gasteiger charge is 2.27. The van der Waals surface area contributed by atoms with Crippen LogP contribution in [0.5, 0.6) is 0 Å². The van der Waals surface area contributed by atoms with Gasteiger partial charge in [-0.3, -0.25) is 9.59 Å². The van der Waals surface area contributed by atoms with Gasteiger partial charge in [-0.1, -0.05) is 0 Å². The Bertz CT molecular complexity index is 513. The van der Waals surface area contributed by atoms with Crippen molar-refractivity contribution in [3.63, 3.8) is 0 Å². The molecule has 0 spiro atoms. The monoisotopic (exact) mass is 245 g/mol. The zero-order chi connectivity index (χ0) is 12.5. The van der Waals surface area contributed by atoms with Crippen LogP contribution >= 0.6 is 0 Å². The van der Waals surface area contributed by atoms with Crippen LogP contribution in [-0.4, -0.2) is 24.4 Å². The fraction of sp³-hybridized carbons (Fsp3) is 0.385. The van der Waals surface area contributed by atoms with E-state index in [0.717, 1.165) is 24.3 Å². The third kappa shape index (κ3) is 2.03. The average molecular weight is 245 g/mol. The van der Waals surface area contributed by atoms with Gasteiger partial charge in [0, 0.05) is 24.3 Å². The van der Waals surface area contributed by atoms with Crippen molar-refractivity contribution in [2.24, 2.45) is 0 Å². The van der Waals surface area contributed by atoms with E-state index in [0.29, 0.717) is 12.8 Å². The quantitative estimate of drug-likeness (QED) is 0.724. The molecular formula is C13H15N3O2. The number of benzene rings is 1. The van der Waals surface area contributed by atoms with E-state index in [1.165, 1.54) is 5.56 Å². The lowest BCUT2D eigenvalue weighted by atomic mass is 10.1. The molecule has 0 aliphatic carbocycles. The van der Waals surface area contributed by atoms with E-state index >= 15 is 0 Å². The summed E-state index contributed by atoms with van der Waals surface area (Å²) in [5.41, 5.74) is 3.16. The van der Waals surface area contributed by atoms with Crippen LogP contribution in [0.25, 0.3) is 0 Å². The first-order valence-corrected chi connectivity index (χ1v) is 6.19. The number of carbonyl (C=O) groups is 2. The summed E-state index contributed by atoms with van der Waals surface area (Å²) >= 11 is 0. The molecule has 3 rings (SSSR count). The van der Waals surface area contributed by atoms with Crippen LogP contribution < -0.4 is 16.0 Å². The number of anilines is 2. The number of rotatable bonds is 2. The number of fused-ring (bicyclic) bond motifs is 1. The fourth-order valence-corrected chi connectivity index (χ4v) is 2.42. The summed E-state index contributed by atoms with van der Waals surface area (Å²) in [5, 5.41) is 8.79. The average Bonchev–Trinajstić information content (AvgIpc) is 2.96. The number of carbonyl (C=O) groups excluding carboxylic acids is 2. The van der Waals surface area contributed by atoms with E-state index in [9.17, 15) is 9.59 Å². The van der Waals surface area contributed by atoms with Crippen LogP contribution in [0.1, 0.15) is 18.4 Å². The first-order chi connectivity index (χ1) is 8.72. The van der Waals surface area contributed by atoms with Gasteiger partial charge in [-0.2, -0.15) is 0 Å². The van der Waals surface area contributed by atoms with Gasteiger partial charge in [0.15, 0.2) is 0 Å². The lowest BCUT2D eigenvalue weighted by Crippen LogP contribution is -2.37. The molecule has 0 radical (unpaired) electrons. The topological polar surface area (TPSA) is 70.2 Å². The molecule has 18 heavy (non-hydrogen) atoms. The van der Waals surface area contributed by atoms with Crippen molar-refractivity contribution >= 4 is 23.2 Å². The molecular weight excluding hydrogens is 230 g/mol. The lowest BCUT2D eigenvalue weighted by molar-refractivity contribution is -0.122. The smallest absolute Gasteiger partial charge is 0.246 e. The zero-order valence-corrected chi connectivity index (χ0v) is 9.95. The predicted molar refractivity (Wildman–Crippen MR) is 68.4 cm³/mol. The van der Waals surface area contributed by atoms with Crippen molar-refractivity contribution in [3.05, 3.63) is 23.8 Å². The molecule has 5 heteroatoms. The maximum atomic E-state index is 11.9. The minimum Gasteiger partial charge on any atom is -0.384 e. The highest BCUT2D eigenvalue weighted by atomic mass is 16.2. The Kier molecular flexibility index (Phi) is 2.66. The Hall–Kier alpha value is -2.04. The van der Waals surface area contributed by atoms with Crippen molar-refractivity contribution in [1.29, 1.82) is 0 Å². The molecule has 5 nitrogen and oxygen atoms in total. The molecule has 1 unspecified atom stereocenters. The summed E-state index contributed by atoms with van der Waals surface area (Å²) in [6.07, 6.45) is 2.00. The Morgan fingerprint density at radius 1 is 1.33 bits per heavy atom. The Balaban J connectivity index is 1.69. The molecule has 94 valence electrons. The van der Waals surface area contributed by atoms with Gasteiger partial charge in [0.2, 0.25) is 11.8 Å². The fourth-order valence-electron chi connectivity index (χ4n) is 2.42. The van der Waals surface area contributed by atoms with Gasteiger partial charge in [0.05, 0.1) is 0 Å². The molecule has 1 aromatic carbocycles. The zero-order valence-electron chi connectivity index (χ0n) is 9.95. The van der Waals surface area contributed by atoms with Crippen LogP contribution in [0.2, 0.25) is 0 Å². The van der Waals surface area contributed by atoms with Crippen LogP contribution in [-0.2, 0) is 16.0 Å². The molecule has 0 saturated carbocycles. The summed E-state index contributed by atoms with van der Waals surface area (Å²) in [4.78, 5) is 23.0. The molecule has 1 fully saturated rings. The molecule has 0 aromatic heterocycles. The molecule has 1 saturated heterocycles. The molecule has 2 aliphatic heterocycles. The largest absolute Gasteiger partial charge is 0.384 e. The summed E-state index contributed by atoms with van der Waals surface area (Å²) < 4.78 is 0. The first kappa shape index (κ1) is 11.1. The number of hydrogen-bond acceptors (Lipinski definition) is 3. The van der Waals surface area contributed by atoms with Crippen LogP contribution in [0.15, 0.2) is 18.2 Å². The van der Waals surface area contributed by atoms with Crippen molar-refractivity contribution < 1.29 is 9.59 Å². The molecule has 2 aliphatic rings. The minimum absolute atomic E-state index is 0.0479. The van der Waals surface area contributed by atoms with Gasteiger partial charge in [-0.15, -0.1) is 0 Å². The highest BCUT2D eigenvalue weighted by molar-refractivity contribution is 5.99. The van der Waals surface area contributed by atoms with Gasteiger partial charge in [-0.25, -0.2) is 0 Å². The van der Waals surface area contributed by atoms with Gasteiger partial charge in [0.25, 0.3) is 0 Å². The third-order valence-corrected chi connectivity index (χ3v) is 3.39. The van der Waals surface area contributed by atoms with Gasteiger partial charge < -0.3 is 16.0 Å². The van der Waals surface area contributed by atoms with Gasteiger partial charge >= 0.3 is 0 Å². The standard InChI is InChI=1S/C13H15N3O2/c17-12-4-3-11(16-12)13(18)15-9-1-2-10-8(7-9)5-6-14-10/h1-2,7,11,14H,3-6H2,(H,15,18)(H,16,17). The molecule has 1 aromatic rings. The normalized spacial score (nSPS) is 21.1. The van der Waals surface area contributed by atoms with Crippen molar-refractivity contribution in [1.82, 2.24) is 5.32 Å². The molecule has 1 atom stereocenters. The van der Waals surface area contributed by atoms with Crippen molar-refractivity contribution in [3.8, 4) is 0 Å². The predicted octanol–water partition coefficient (Wildman–Crippen LogP) is 0.872. The summed E-state index contributed by atoms with van der Waals surface area (Å²) in [6.45, 7) is 0.950. The lowest BCUT2D eigenvalue weighted by Gasteiger charge is -2.11. The van der Waals surface area contributed by atoms with E-state index in [1.807, 2.05) is 18.2 Å². The third-order valence-electron chi connectivity index (χ3n) is 3.39.